The van der Waals surface area contributed by atoms with E-state index in [1.807, 2.05) is 6.92 Å². The van der Waals surface area contributed by atoms with Crippen molar-refractivity contribution in [1.82, 2.24) is 5.32 Å². The molecule has 0 aromatic carbocycles. The SMILES string of the molecule is CCCCCCCCCCCCNC(C)(C)/C(C)=N\O. The van der Waals surface area contributed by atoms with Gasteiger partial charge in [-0.05, 0) is 33.7 Å². The molecule has 0 heterocycles. The summed E-state index contributed by atoms with van der Waals surface area (Å²) in [6, 6.07) is 0. The highest BCUT2D eigenvalue weighted by molar-refractivity contribution is 5.90. The highest BCUT2D eigenvalue weighted by Crippen LogP contribution is 2.11. The van der Waals surface area contributed by atoms with Gasteiger partial charge in [-0.25, -0.2) is 0 Å². The van der Waals surface area contributed by atoms with Crippen LogP contribution in [0.4, 0.5) is 0 Å². The molecule has 0 aliphatic carbocycles. The summed E-state index contributed by atoms with van der Waals surface area (Å²) in [5.41, 5.74) is 0.540. The lowest BCUT2D eigenvalue weighted by atomic mass is 9.99. The molecule has 0 aromatic heterocycles. The molecule has 0 amide bonds. The molecule has 0 unspecified atom stereocenters. The predicted molar refractivity (Wildman–Crippen MR) is 88.8 cm³/mol. The van der Waals surface area contributed by atoms with Gasteiger partial charge in [0, 0.05) is 0 Å². The van der Waals surface area contributed by atoms with E-state index < -0.39 is 0 Å². The summed E-state index contributed by atoms with van der Waals surface area (Å²) in [5.74, 6) is 0. The average Bonchev–Trinajstić information content (AvgIpc) is 2.43. The number of hydrogen-bond donors (Lipinski definition) is 2. The Morgan fingerprint density at radius 1 is 0.900 bits per heavy atom. The summed E-state index contributed by atoms with van der Waals surface area (Å²) >= 11 is 0. The Bertz CT molecular complexity index is 249. The number of nitrogens with zero attached hydrogens (tertiary/aromatic N) is 1. The summed E-state index contributed by atoms with van der Waals surface area (Å²) in [6.45, 7) is 9.22. The third-order valence-corrected chi connectivity index (χ3v) is 4.15. The van der Waals surface area contributed by atoms with Gasteiger partial charge in [-0.1, -0.05) is 69.9 Å². The lowest BCUT2D eigenvalue weighted by molar-refractivity contribution is 0.310. The summed E-state index contributed by atoms with van der Waals surface area (Å²) in [6.07, 6.45) is 13.6. The van der Waals surface area contributed by atoms with E-state index in [1.165, 1.54) is 64.2 Å². The van der Waals surface area contributed by atoms with Crippen LogP contribution in [0, 0.1) is 0 Å². The van der Waals surface area contributed by atoms with Crippen molar-refractivity contribution in [2.24, 2.45) is 5.16 Å². The number of rotatable bonds is 13. The van der Waals surface area contributed by atoms with Crippen LogP contribution in [0.5, 0.6) is 0 Å². The summed E-state index contributed by atoms with van der Waals surface area (Å²) in [5, 5.41) is 15.5. The molecular formula is C17H36N2O. The molecule has 120 valence electrons. The van der Waals surface area contributed by atoms with Crippen molar-refractivity contribution >= 4 is 5.71 Å². The highest BCUT2D eigenvalue weighted by Gasteiger charge is 2.20. The van der Waals surface area contributed by atoms with E-state index in [0.29, 0.717) is 0 Å². The fraction of sp³-hybridized carbons (Fsp3) is 0.941. The maximum absolute atomic E-state index is 8.80. The molecule has 3 nitrogen and oxygen atoms in total. The zero-order valence-corrected chi connectivity index (χ0v) is 14.2. The van der Waals surface area contributed by atoms with Gasteiger partial charge in [0.2, 0.25) is 0 Å². The molecule has 20 heavy (non-hydrogen) atoms. The zero-order valence-electron chi connectivity index (χ0n) is 14.2. The fourth-order valence-corrected chi connectivity index (χ4v) is 2.27. The molecule has 0 aliphatic heterocycles. The van der Waals surface area contributed by atoms with Crippen molar-refractivity contribution in [3.8, 4) is 0 Å². The Hall–Kier alpha value is -0.570. The van der Waals surface area contributed by atoms with E-state index in [2.05, 4.69) is 31.2 Å². The van der Waals surface area contributed by atoms with Crippen molar-refractivity contribution in [1.29, 1.82) is 0 Å². The monoisotopic (exact) mass is 284 g/mol. The van der Waals surface area contributed by atoms with E-state index in [0.717, 1.165) is 12.3 Å². The predicted octanol–water partition coefficient (Wildman–Crippen LogP) is 5.13. The molecular weight excluding hydrogens is 248 g/mol. The second kappa shape index (κ2) is 12.2. The van der Waals surface area contributed by atoms with Gasteiger partial charge in [0.1, 0.15) is 0 Å². The first-order valence-electron chi connectivity index (χ1n) is 8.48. The number of nitrogens with one attached hydrogen (secondary N) is 1. The minimum absolute atomic E-state index is 0.200. The standard InChI is InChI=1S/C17H36N2O/c1-5-6-7-8-9-10-11-12-13-14-15-18-17(3,4)16(2)19-20/h18,20H,5-15H2,1-4H3/b19-16-. The number of oxime groups is 1. The minimum atomic E-state index is -0.200. The van der Waals surface area contributed by atoms with Crippen LogP contribution < -0.4 is 5.32 Å². The molecule has 0 saturated heterocycles. The molecule has 0 bridgehead atoms. The molecule has 0 fully saturated rings. The van der Waals surface area contributed by atoms with E-state index in [4.69, 9.17) is 5.21 Å². The highest BCUT2D eigenvalue weighted by atomic mass is 16.4. The zero-order chi connectivity index (χ0) is 15.3. The molecule has 3 heteroatoms. The smallest absolute Gasteiger partial charge is 0.0734 e. The third-order valence-electron chi connectivity index (χ3n) is 4.15. The van der Waals surface area contributed by atoms with Crippen LogP contribution in [-0.4, -0.2) is 23.0 Å². The molecule has 0 radical (unpaired) electrons. The van der Waals surface area contributed by atoms with Gasteiger partial charge in [0.05, 0.1) is 11.3 Å². The Kier molecular flexibility index (Phi) is 11.8. The Morgan fingerprint density at radius 2 is 1.35 bits per heavy atom. The number of unbranched alkanes of at least 4 members (excludes halogenated alkanes) is 9. The summed E-state index contributed by atoms with van der Waals surface area (Å²) in [4.78, 5) is 0. The van der Waals surface area contributed by atoms with Crippen molar-refractivity contribution < 1.29 is 5.21 Å². The quantitative estimate of drug-likeness (QED) is 0.213. The topological polar surface area (TPSA) is 44.6 Å². The molecule has 2 N–H and O–H groups in total. The van der Waals surface area contributed by atoms with Gasteiger partial charge in [-0.3, -0.25) is 0 Å². The lowest BCUT2D eigenvalue weighted by Gasteiger charge is -2.25. The molecule has 0 aromatic rings. The van der Waals surface area contributed by atoms with E-state index in [-0.39, 0.29) is 5.54 Å². The van der Waals surface area contributed by atoms with E-state index in [9.17, 15) is 0 Å². The first kappa shape index (κ1) is 19.4. The van der Waals surface area contributed by atoms with Crippen LogP contribution >= 0.6 is 0 Å². The van der Waals surface area contributed by atoms with Crippen LogP contribution in [0.1, 0.15) is 91.9 Å². The van der Waals surface area contributed by atoms with Crippen molar-refractivity contribution in [2.75, 3.05) is 6.54 Å². The summed E-state index contributed by atoms with van der Waals surface area (Å²) in [7, 11) is 0. The molecule has 0 rings (SSSR count). The van der Waals surface area contributed by atoms with Gasteiger partial charge in [-0.15, -0.1) is 0 Å². The maximum Gasteiger partial charge on any atom is 0.0734 e. The van der Waals surface area contributed by atoms with E-state index in [1.54, 1.807) is 0 Å². The van der Waals surface area contributed by atoms with Crippen LogP contribution in [0.2, 0.25) is 0 Å². The molecule has 0 saturated carbocycles. The molecule has 0 atom stereocenters. The van der Waals surface area contributed by atoms with Gasteiger partial charge < -0.3 is 10.5 Å². The van der Waals surface area contributed by atoms with Crippen molar-refractivity contribution in [3.63, 3.8) is 0 Å². The second-order valence-electron chi connectivity index (χ2n) is 6.42. The van der Waals surface area contributed by atoms with Gasteiger partial charge in [0.15, 0.2) is 0 Å². The Morgan fingerprint density at radius 3 is 1.80 bits per heavy atom. The first-order chi connectivity index (χ1) is 9.54. The Labute approximate surface area is 126 Å². The third kappa shape index (κ3) is 10.2. The van der Waals surface area contributed by atoms with Crippen molar-refractivity contribution in [2.45, 2.75) is 97.4 Å². The fourth-order valence-electron chi connectivity index (χ4n) is 2.27. The first-order valence-corrected chi connectivity index (χ1v) is 8.48. The van der Waals surface area contributed by atoms with Crippen LogP contribution in [-0.2, 0) is 0 Å². The largest absolute Gasteiger partial charge is 0.411 e. The second-order valence-corrected chi connectivity index (χ2v) is 6.42. The van der Waals surface area contributed by atoms with Crippen LogP contribution in [0.25, 0.3) is 0 Å². The van der Waals surface area contributed by atoms with Crippen LogP contribution in [0.3, 0.4) is 0 Å². The number of hydrogen-bond acceptors (Lipinski definition) is 3. The van der Waals surface area contributed by atoms with Gasteiger partial charge in [0.25, 0.3) is 0 Å². The lowest BCUT2D eigenvalue weighted by Crippen LogP contribution is -2.46. The van der Waals surface area contributed by atoms with Gasteiger partial charge >= 0.3 is 0 Å². The normalized spacial score (nSPS) is 12.9. The summed E-state index contributed by atoms with van der Waals surface area (Å²) < 4.78 is 0. The average molecular weight is 284 g/mol. The maximum atomic E-state index is 8.80. The molecule has 0 spiro atoms. The molecule has 0 aliphatic rings. The Balaban J connectivity index is 3.33. The van der Waals surface area contributed by atoms with Crippen LogP contribution in [0.15, 0.2) is 5.16 Å². The van der Waals surface area contributed by atoms with Crippen molar-refractivity contribution in [3.05, 3.63) is 0 Å². The van der Waals surface area contributed by atoms with Gasteiger partial charge in [-0.2, -0.15) is 0 Å². The van der Waals surface area contributed by atoms with E-state index >= 15 is 0 Å². The minimum Gasteiger partial charge on any atom is -0.411 e.